The molecule has 1 aliphatic rings. The monoisotopic (exact) mass is 473 g/mol. The van der Waals surface area contributed by atoms with E-state index in [1.54, 1.807) is 17.8 Å². The molecule has 0 N–H and O–H groups in total. The van der Waals surface area contributed by atoms with E-state index in [1.807, 2.05) is 35.2 Å². The van der Waals surface area contributed by atoms with Crippen LogP contribution in [0.1, 0.15) is 77.3 Å². The molecule has 0 saturated carbocycles. The minimum absolute atomic E-state index is 0.101. The smallest absolute Gasteiger partial charge is 0.348 e. The van der Waals surface area contributed by atoms with Crippen LogP contribution in [0.15, 0.2) is 36.4 Å². The standard InChI is InChI=1S/C25H31NO4S2/c1-4-5-6-9-21(27)18-10-12-19(13-11-18)26-23(28)17-31-25(26,2)16-7-8-20-14-15-22(32-20)24(29)30-3/h10-15H,4-9,16-17H2,1-3H3. The Morgan fingerprint density at radius 3 is 2.53 bits per heavy atom. The second-order valence-electron chi connectivity index (χ2n) is 8.23. The molecule has 1 unspecified atom stereocenters. The van der Waals surface area contributed by atoms with Crippen molar-refractivity contribution in [3.05, 3.63) is 51.7 Å². The number of benzene rings is 1. The largest absolute Gasteiger partial charge is 0.465 e. The van der Waals surface area contributed by atoms with Crippen molar-refractivity contribution in [1.29, 1.82) is 0 Å². The van der Waals surface area contributed by atoms with Gasteiger partial charge in [0.15, 0.2) is 5.78 Å². The molecule has 3 rings (SSSR count). The van der Waals surface area contributed by atoms with Gasteiger partial charge in [0.2, 0.25) is 5.91 Å². The molecule has 1 aromatic carbocycles. The third kappa shape index (κ3) is 5.81. The molecule has 172 valence electrons. The van der Waals surface area contributed by atoms with E-state index in [0.717, 1.165) is 49.1 Å². The van der Waals surface area contributed by atoms with Crippen molar-refractivity contribution in [1.82, 2.24) is 0 Å². The summed E-state index contributed by atoms with van der Waals surface area (Å²) in [5, 5.41) is 0. The van der Waals surface area contributed by atoms with Crippen molar-refractivity contribution in [2.24, 2.45) is 0 Å². The molecule has 7 heteroatoms. The lowest BCUT2D eigenvalue weighted by molar-refractivity contribution is -0.116. The molecule has 1 aliphatic heterocycles. The molecule has 32 heavy (non-hydrogen) atoms. The molecule has 2 aromatic rings. The van der Waals surface area contributed by atoms with Crippen molar-refractivity contribution < 1.29 is 19.1 Å². The summed E-state index contributed by atoms with van der Waals surface area (Å²) in [4.78, 5) is 40.0. The van der Waals surface area contributed by atoms with E-state index in [9.17, 15) is 14.4 Å². The zero-order chi connectivity index (χ0) is 23.1. The summed E-state index contributed by atoms with van der Waals surface area (Å²) < 4.78 is 4.78. The number of nitrogens with zero attached hydrogens (tertiary/aromatic N) is 1. The first kappa shape index (κ1) is 24.5. The Balaban J connectivity index is 1.63. The summed E-state index contributed by atoms with van der Waals surface area (Å²) in [7, 11) is 1.39. The molecule has 0 spiro atoms. The Morgan fingerprint density at radius 1 is 1.09 bits per heavy atom. The zero-order valence-corrected chi connectivity index (χ0v) is 20.7. The Bertz CT molecular complexity index is 953. The lowest BCUT2D eigenvalue weighted by atomic mass is 10.0. The molecule has 1 aromatic heterocycles. The van der Waals surface area contributed by atoms with Gasteiger partial charge >= 0.3 is 5.97 Å². The Kier molecular flexibility index (Phi) is 8.54. The lowest BCUT2D eigenvalue weighted by Gasteiger charge is -2.34. The number of rotatable bonds is 11. The van der Waals surface area contributed by atoms with Gasteiger partial charge in [-0.3, -0.25) is 14.5 Å². The molecule has 0 bridgehead atoms. The summed E-state index contributed by atoms with van der Waals surface area (Å²) >= 11 is 3.13. The Hall–Kier alpha value is -2.12. The fourth-order valence-electron chi connectivity index (χ4n) is 4.00. The molecule has 1 atom stereocenters. The normalized spacial score (nSPS) is 18.2. The van der Waals surface area contributed by atoms with Crippen LogP contribution < -0.4 is 4.90 Å². The molecular formula is C25H31NO4S2. The number of hydrogen-bond donors (Lipinski definition) is 0. The first-order valence-corrected chi connectivity index (χ1v) is 13.0. The number of thioether (sulfide) groups is 1. The number of carbonyl (C=O) groups is 3. The highest BCUT2D eigenvalue weighted by Gasteiger charge is 2.42. The van der Waals surface area contributed by atoms with Gasteiger partial charge in [-0.25, -0.2) is 4.79 Å². The van der Waals surface area contributed by atoms with Crippen LogP contribution in [0.4, 0.5) is 5.69 Å². The van der Waals surface area contributed by atoms with E-state index in [4.69, 9.17) is 4.74 Å². The van der Waals surface area contributed by atoms with Crippen LogP contribution in [0.3, 0.4) is 0 Å². The lowest BCUT2D eigenvalue weighted by Crippen LogP contribution is -2.42. The number of methoxy groups -OCH3 is 1. The van der Waals surface area contributed by atoms with E-state index >= 15 is 0 Å². The number of thiophene rings is 1. The van der Waals surface area contributed by atoms with Crippen LogP contribution in [0, 0.1) is 0 Å². The van der Waals surface area contributed by atoms with Gasteiger partial charge in [-0.2, -0.15) is 0 Å². The molecule has 1 saturated heterocycles. The van der Waals surface area contributed by atoms with Crippen LogP contribution in [-0.4, -0.2) is 35.4 Å². The summed E-state index contributed by atoms with van der Waals surface area (Å²) in [5.41, 5.74) is 1.56. The van der Waals surface area contributed by atoms with Gasteiger partial charge in [0.25, 0.3) is 0 Å². The number of Topliss-reactive ketones (excluding diaryl/α,β-unsaturated/α-hetero) is 1. The number of esters is 1. The number of aryl methyl sites for hydroxylation is 1. The molecule has 1 fully saturated rings. The minimum atomic E-state index is -0.327. The average molecular weight is 474 g/mol. The Labute approximate surface area is 198 Å². The van der Waals surface area contributed by atoms with Crippen LogP contribution in [0.2, 0.25) is 0 Å². The summed E-state index contributed by atoms with van der Waals surface area (Å²) in [6.45, 7) is 4.24. The van der Waals surface area contributed by atoms with Crippen LogP contribution in [-0.2, 0) is 16.0 Å². The minimum Gasteiger partial charge on any atom is -0.465 e. The van der Waals surface area contributed by atoms with Crippen molar-refractivity contribution in [3.63, 3.8) is 0 Å². The van der Waals surface area contributed by atoms with Crippen molar-refractivity contribution in [3.8, 4) is 0 Å². The summed E-state index contributed by atoms with van der Waals surface area (Å²) in [6, 6.07) is 11.3. The maximum Gasteiger partial charge on any atom is 0.348 e. The SMILES string of the molecule is CCCCCC(=O)c1ccc(N2C(=O)CSC2(C)CCCc2ccc(C(=O)OC)s2)cc1. The fraction of sp³-hybridized carbons (Fsp3) is 0.480. The predicted molar refractivity (Wildman–Crippen MR) is 132 cm³/mol. The molecule has 1 amide bonds. The summed E-state index contributed by atoms with van der Waals surface area (Å²) in [6.07, 6.45) is 6.25. The van der Waals surface area contributed by atoms with Gasteiger partial charge in [-0.05, 0) is 69.0 Å². The first-order valence-electron chi connectivity index (χ1n) is 11.1. The number of hydrogen-bond acceptors (Lipinski definition) is 6. The second kappa shape index (κ2) is 11.1. The highest BCUT2D eigenvalue weighted by molar-refractivity contribution is 8.02. The van der Waals surface area contributed by atoms with Gasteiger partial charge in [0.05, 0.1) is 17.7 Å². The van der Waals surface area contributed by atoms with E-state index in [1.165, 1.54) is 18.4 Å². The Morgan fingerprint density at radius 2 is 1.84 bits per heavy atom. The topological polar surface area (TPSA) is 63.7 Å². The van der Waals surface area contributed by atoms with E-state index in [-0.39, 0.29) is 22.5 Å². The average Bonchev–Trinajstić information content (AvgIpc) is 3.38. The van der Waals surface area contributed by atoms with Gasteiger partial charge in [0.1, 0.15) is 4.88 Å². The first-order chi connectivity index (χ1) is 15.4. The number of carbonyl (C=O) groups excluding carboxylic acids is 3. The maximum absolute atomic E-state index is 12.7. The van der Waals surface area contributed by atoms with Crippen LogP contribution in [0.25, 0.3) is 0 Å². The van der Waals surface area contributed by atoms with Crippen LogP contribution >= 0.6 is 23.1 Å². The summed E-state index contributed by atoms with van der Waals surface area (Å²) in [5.74, 6) is 0.420. The van der Waals surface area contributed by atoms with E-state index in [0.29, 0.717) is 22.6 Å². The van der Waals surface area contributed by atoms with Crippen molar-refractivity contribution in [2.75, 3.05) is 17.8 Å². The highest BCUT2D eigenvalue weighted by atomic mass is 32.2. The van der Waals surface area contributed by atoms with Gasteiger partial charge < -0.3 is 4.74 Å². The number of ketones is 1. The highest BCUT2D eigenvalue weighted by Crippen LogP contribution is 2.43. The zero-order valence-electron chi connectivity index (χ0n) is 19.0. The number of ether oxygens (including phenoxy) is 1. The van der Waals surface area contributed by atoms with Gasteiger partial charge in [0, 0.05) is 22.5 Å². The van der Waals surface area contributed by atoms with Crippen LogP contribution in [0.5, 0.6) is 0 Å². The van der Waals surface area contributed by atoms with Gasteiger partial charge in [-0.15, -0.1) is 23.1 Å². The third-order valence-corrected chi connectivity index (χ3v) is 8.32. The van der Waals surface area contributed by atoms with Crippen molar-refractivity contribution in [2.45, 2.75) is 63.7 Å². The molecule has 0 aliphatic carbocycles. The quantitative estimate of drug-likeness (QED) is 0.224. The molecular weight excluding hydrogens is 442 g/mol. The van der Waals surface area contributed by atoms with E-state index < -0.39 is 0 Å². The number of anilines is 1. The second-order valence-corrected chi connectivity index (χ2v) is 10.9. The maximum atomic E-state index is 12.7. The number of unbranched alkanes of at least 4 members (excludes halogenated alkanes) is 2. The third-order valence-electron chi connectivity index (χ3n) is 5.80. The van der Waals surface area contributed by atoms with Gasteiger partial charge in [-0.1, -0.05) is 19.8 Å². The van der Waals surface area contributed by atoms with E-state index in [2.05, 4.69) is 13.8 Å². The molecule has 5 nitrogen and oxygen atoms in total. The molecule has 0 radical (unpaired) electrons. The predicted octanol–water partition coefficient (Wildman–Crippen LogP) is 6.12. The fourth-order valence-corrected chi connectivity index (χ4v) is 6.16. The molecule has 2 heterocycles. The van der Waals surface area contributed by atoms with Crippen molar-refractivity contribution >= 4 is 46.4 Å². The number of amides is 1.